The van der Waals surface area contributed by atoms with E-state index < -0.39 is 0 Å². The van der Waals surface area contributed by atoms with E-state index in [1.165, 1.54) is 0 Å². The van der Waals surface area contributed by atoms with Gasteiger partial charge in [-0.3, -0.25) is 0 Å². The molecule has 2 aromatic carbocycles. The molecule has 2 N–H and O–H groups in total. The van der Waals surface area contributed by atoms with Crippen LogP contribution in [-0.4, -0.2) is 43.7 Å². The Morgan fingerprint density at radius 1 is 1.09 bits per heavy atom. The minimum Gasteiger partial charge on any atom is -0.508 e. The molecule has 0 bridgehead atoms. The van der Waals surface area contributed by atoms with E-state index >= 15 is 0 Å². The number of benzene rings is 2. The molecule has 1 atom stereocenters. The van der Waals surface area contributed by atoms with Gasteiger partial charge in [0.1, 0.15) is 10.9 Å². The Morgan fingerprint density at radius 3 is 2.47 bits per heavy atom. The van der Waals surface area contributed by atoms with Gasteiger partial charge in [-0.15, -0.1) is 10.2 Å². The zero-order chi connectivity index (χ0) is 22.7. The third kappa shape index (κ3) is 4.28. The molecule has 0 amide bonds. The van der Waals surface area contributed by atoms with Gasteiger partial charge in [-0.1, -0.05) is 79.9 Å². The molecule has 1 aromatic heterocycles. The maximum Gasteiger partial charge on any atom is 0.205 e. The number of H-pyrrole nitrogens is 1. The number of rotatable bonds is 7. The molecule has 0 saturated heterocycles. The molecule has 0 aliphatic carbocycles. The van der Waals surface area contributed by atoms with Gasteiger partial charge in [0.15, 0.2) is 0 Å². The number of aromatic amines is 1. The molecule has 2 heterocycles. The molecule has 4 rings (SSSR count). The van der Waals surface area contributed by atoms with Gasteiger partial charge in [0.2, 0.25) is 5.82 Å². The van der Waals surface area contributed by atoms with Gasteiger partial charge in [0.25, 0.3) is 0 Å². The summed E-state index contributed by atoms with van der Waals surface area (Å²) in [5.41, 5.74) is 5.97. The van der Waals surface area contributed by atoms with Gasteiger partial charge < -0.3 is 10.0 Å². The number of halogens is 1. The van der Waals surface area contributed by atoms with Crippen molar-refractivity contribution in [1.29, 1.82) is 0 Å². The lowest BCUT2D eigenvalue weighted by Gasteiger charge is -2.37. The first-order valence-electron chi connectivity index (χ1n) is 10.9. The number of allylic oxidation sites excluding steroid dienone is 1. The van der Waals surface area contributed by atoms with Crippen molar-refractivity contribution in [2.75, 3.05) is 7.05 Å². The lowest BCUT2D eigenvalue weighted by Crippen LogP contribution is -2.36. The molecular formula is C25H28ClN5O. The van der Waals surface area contributed by atoms with E-state index in [9.17, 15) is 5.11 Å². The van der Waals surface area contributed by atoms with Crippen molar-refractivity contribution in [2.24, 2.45) is 0 Å². The Morgan fingerprint density at radius 2 is 1.81 bits per heavy atom. The minimum atomic E-state index is 0.102. The third-order valence-electron chi connectivity index (χ3n) is 6.15. The van der Waals surface area contributed by atoms with Gasteiger partial charge >= 0.3 is 0 Å². The van der Waals surface area contributed by atoms with Crippen LogP contribution in [0.1, 0.15) is 38.7 Å². The highest BCUT2D eigenvalue weighted by Crippen LogP contribution is 2.36. The van der Waals surface area contributed by atoms with Gasteiger partial charge in [0.05, 0.1) is 6.04 Å². The average molecular weight is 450 g/mol. The summed E-state index contributed by atoms with van der Waals surface area (Å²) in [5, 5.41) is 26.0. The smallest absolute Gasteiger partial charge is 0.205 e. The zero-order valence-electron chi connectivity index (χ0n) is 18.6. The summed E-state index contributed by atoms with van der Waals surface area (Å²) in [6.45, 7) is 4.06. The first kappa shape index (κ1) is 22.1. The van der Waals surface area contributed by atoms with Crippen LogP contribution >= 0.6 is 11.6 Å². The summed E-state index contributed by atoms with van der Waals surface area (Å²) < 4.78 is 0. The number of aromatic nitrogens is 4. The maximum absolute atomic E-state index is 10.9. The van der Waals surface area contributed by atoms with Gasteiger partial charge in [-0.25, -0.2) is 0 Å². The molecule has 0 fully saturated rings. The van der Waals surface area contributed by atoms with Gasteiger partial charge in [0, 0.05) is 18.2 Å². The zero-order valence-corrected chi connectivity index (χ0v) is 19.4. The Balaban J connectivity index is 1.63. The largest absolute Gasteiger partial charge is 0.508 e. The molecule has 0 saturated carbocycles. The standard InChI is InChI=1S/C25H28ClN5O/c1-4-5-10-22-21(23(32)16(2)24(26)31(22)3)15-17-11-13-18(14-12-17)19-8-6-7-9-20(19)25-27-29-30-28-25/h6-9,11-14,22,32H,4-5,10,15H2,1-3H3,(H,27,28,29,30). The van der Waals surface area contributed by atoms with Gasteiger partial charge in [-0.2, -0.15) is 5.21 Å². The van der Waals surface area contributed by atoms with Crippen LogP contribution in [0, 0.1) is 0 Å². The average Bonchev–Trinajstić information content (AvgIpc) is 3.36. The van der Waals surface area contributed by atoms with Gasteiger partial charge in [-0.05, 0) is 47.2 Å². The van der Waals surface area contributed by atoms with Crippen molar-refractivity contribution in [2.45, 2.75) is 45.6 Å². The number of unbranched alkanes of at least 4 members (excludes halogenated alkanes) is 1. The summed E-state index contributed by atoms with van der Waals surface area (Å²) in [6, 6.07) is 16.6. The predicted octanol–water partition coefficient (Wildman–Crippen LogP) is 5.86. The van der Waals surface area contributed by atoms with Crippen LogP contribution in [0.15, 0.2) is 70.6 Å². The highest BCUT2D eigenvalue weighted by Gasteiger charge is 2.30. The van der Waals surface area contributed by atoms with Crippen LogP contribution in [0.25, 0.3) is 22.5 Å². The Labute approximate surface area is 193 Å². The molecule has 0 radical (unpaired) electrons. The first-order chi connectivity index (χ1) is 15.5. The van der Waals surface area contributed by atoms with Crippen molar-refractivity contribution in [3.8, 4) is 22.5 Å². The van der Waals surface area contributed by atoms with Crippen LogP contribution < -0.4 is 0 Å². The van der Waals surface area contributed by atoms with Crippen molar-refractivity contribution < 1.29 is 5.11 Å². The lowest BCUT2D eigenvalue weighted by molar-refractivity contribution is 0.291. The van der Waals surface area contributed by atoms with Crippen LogP contribution in [-0.2, 0) is 6.42 Å². The fraction of sp³-hybridized carbons (Fsp3) is 0.320. The van der Waals surface area contributed by atoms with E-state index in [0.29, 0.717) is 23.2 Å². The second-order valence-electron chi connectivity index (χ2n) is 8.21. The van der Waals surface area contributed by atoms with E-state index in [1.54, 1.807) is 0 Å². The lowest BCUT2D eigenvalue weighted by atomic mass is 9.88. The van der Waals surface area contributed by atoms with Crippen LogP contribution in [0.3, 0.4) is 0 Å². The SMILES string of the molecule is CCCCC1C(Cc2ccc(-c3ccccc3-c3nn[nH]n3)cc2)=C(O)C(C)=C(Cl)N1C. The molecule has 7 heteroatoms. The predicted molar refractivity (Wildman–Crippen MR) is 128 cm³/mol. The number of hydrogen-bond donors (Lipinski definition) is 2. The number of likely N-dealkylation sites (N-methyl/N-ethyl adjacent to an activating group) is 1. The monoisotopic (exact) mass is 449 g/mol. The second kappa shape index (κ2) is 9.57. The molecule has 1 aliphatic rings. The van der Waals surface area contributed by atoms with Crippen LogP contribution in [0.2, 0.25) is 0 Å². The first-order valence-corrected chi connectivity index (χ1v) is 11.3. The number of nitrogens with zero attached hydrogens (tertiary/aromatic N) is 4. The quantitative estimate of drug-likeness (QED) is 0.441. The Kier molecular flexibility index (Phi) is 6.61. The van der Waals surface area contributed by atoms with Crippen LogP contribution in [0.5, 0.6) is 0 Å². The maximum atomic E-state index is 10.9. The normalized spacial score (nSPS) is 16.8. The summed E-state index contributed by atoms with van der Waals surface area (Å²) in [4.78, 5) is 2.09. The van der Waals surface area contributed by atoms with E-state index in [2.05, 4.69) is 62.8 Å². The molecular weight excluding hydrogens is 422 g/mol. The molecule has 6 nitrogen and oxygen atoms in total. The highest BCUT2D eigenvalue weighted by atomic mass is 35.5. The molecule has 1 unspecified atom stereocenters. The van der Waals surface area contributed by atoms with Crippen molar-refractivity contribution in [3.63, 3.8) is 0 Å². The summed E-state index contributed by atoms with van der Waals surface area (Å²) in [5.74, 6) is 0.906. The summed E-state index contributed by atoms with van der Waals surface area (Å²) >= 11 is 6.49. The summed E-state index contributed by atoms with van der Waals surface area (Å²) in [7, 11) is 2.01. The molecule has 3 aromatic rings. The number of hydrogen-bond acceptors (Lipinski definition) is 5. The number of nitrogens with one attached hydrogen (secondary N) is 1. The fourth-order valence-corrected chi connectivity index (χ4v) is 4.53. The van der Waals surface area contributed by atoms with E-state index in [0.717, 1.165) is 52.7 Å². The number of aliphatic hydroxyl groups excluding tert-OH is 1. The number of tetrazole rings is 1. The van der Waals surface area contributed by atoms with Crippen molar-refractivity contribution in [3.05, 3.63) is 76.2 Å². The molecule has 166 valence electrons. The van der Waals surface area contributed by atoms with E-state index in [4.69, 9.17) is 11.6 Å². The summed E-state index contributed by atoms with van der Waals surface area (Å²) in [6.07, 6.45) is 3.83. The molecule has 32 heavy (non-hydrogen) atoms. The number of aliphatic hydroxyl groups is 1. The topological polar surface area (TPSA) is 77.9 Å². The molecule has 1 aliphatic heterocycles. The second-order valence-corrected chi connectivity index (χ2v) is 8.57. The van der Waals surface area contributed by atoms with E-state index in [1.807, 2.05) is 32.2 Å². The Hall–Kier alpha value is -3.12. The Bertz CT molecular complexity index is 1140. The van der Waals surface area contributed by atoms with Crippen molar-refractivity contribution in [1.82, 2.24) is 25.5 Å². The van der Waals surface area contributed by atoms with E-state index in [-0.39, 0.29) is 6.04 Å². The third-order valence-corrected chi connectivity index (χ3v) is 6.70. The highest BCUT2D eigenvalue weighted by molar-refractivity contribution is 6.29. The minimum absolute atomic E-state index is 0.102. The fourth-order valence-electron chi connectivity index (χ4n) is 4.33. The molecule has 0 spiro atoms. The van der Waals surface area contributed by atoms with Crippen molar-refractivity contribution >= 4 is 11.6 Å². The van der Waals surface area contributed by atoms with Crippen LogP contribution in [0.4, 0.5) is 0 Å².